The average molecular weight is 838 g/mol. The first kappa shape index (κ1) is 51.5. The zero-order valence-electron chi connectivity index (χ0n) is 30.5. The fourth-order valence-corrected chi connectivity index (χ4v) is 6.20. The molecule has 0 fully saturated rings. The van der Waals surface area contributed by atoms with Gasteiger partial charge in [-0.05, 0) is 47.4 Å². The van der Waals surface area contributed by atoms with Crippen molar-refractivity contribution >= 4 is 30.4 Å². The molecule has 20 heteroatoms. The van der Waals surface area contributed by atoms with Crippen LogP contribution in [0.5, 0.6) is 0 Å². The maximum absolute atomic E-state index is 11.5. The molecule has 0 unspecified atom stereocenters. The van der Waals surface area contributed by atoms with Crippen LogP contribution in [0.1, 0.15) is 6.42 Å². The Hall–Kier alpha value is -3.52. The topological polar surface area (TPSA) is 240 Å². The van der Waals surface area contributed by atoms with E-state index in [2.05, 4.69) is 101 Å². The quantitative estimate of drug-likeness (QED) is 0.0359. The van der Waals surface area contributed by atoms with Crippen molar-refractivity contribution in [2.75, 3.05) is 104 Å². The number of hydrogen-bond donors (Lipinski definition) is 8. The van der Waals surface area contributed by atoms with Crippen LogP contribution < -0.4 is 0 Å². The van der Waals surface area contributed by atoms with Gasteiger partial charge in [-0.1, -0.05) is 0 Å². The minimum atomic E-state index is -4.41. The summed E-state index contributed by atoms with van der Waals surface area (Å²) in [6.45, 7) is 1.36. The van der Waals surface area contributed by atoms with Crippen molar-refractivity contribution in [2.24, 2.45) is 0 Å². The van der Waals surface area contributed by atoms with Crippen molar-refractivity contribution in [1.82, 2.24) is 14.7 Å². The van der Waals surface area contributed by atoms with Gasteiger partial charge in [0.25, 0.3) is 0 Å². The number of hydrogen-bond acceptors (Lipinski definition) is 7. The Balaban J connectivity index is 5.72. The summed E-state index contributed by atoms with van der Waals surface area (Å²) >= 11 is 0. The van der Waals surface area contributed by atoms with Crippen LogP contribution in [0.15, 0.2) is 0 Å². The van der Waals surface area contributed by atoms with Crippen molar-refractivity contribution in [3.63, 3.8) is 0 Å². The molecule has 0 saturated heterocycles. The summed E-state index contributed by atoms with van der Waals surface area (Å²) in [5.74, 6) is 39.6. The van der Waals surface area contributed by atoms with Crippen LogP contribution in [-0.4, -0.2) is 163 Å². The molecule has 0 amide bonds. The summed E-state index contributed by atoms with van der Waals surface area (Å²) < 4.78 is 46.3. The first-order valence-electron chi connectivity index (χ1n) is 16.2. The predicted molar refractivity (Wildman–Crippen MR) is 210 cm³/mol. The Kier molecular flexibility index (Phi) is 25.4. The maximum Gasteiger partial charge on any atom is 0.326 e. The van der Waals surface area contributed by atoms with Crippen molar-refractivity contribution < 1.29 is 61.9 Å². The third kappa shape index (κ3) is 37.2. The van der Waals surface area contributed by atoms with Gasteiger partial charge in [-0.3, -0.25) is 22.7 Å². The molecule has 0 rings (SSSR count). The molecule has 8 N–H and O–H groups in total. The Morgan fingerprint density at radius 3 is 0.945 bits per heavy atom. The molecule has 0 aliphatic heterocycles. The largest absolute Gasteiger partial charge is 0.326 e. The molecule has 296 valence electrons. The summed E-state index contributed by atoms with van der Waals surface area (Å²) in [5, 5.41) is 0. The molecule has 0 atom stereocenters. The first-order valence-corrected chi connectivity index (χ1v) is 23.4. The van der Waals surface area contributed by atoms with E-state index in [0.717, 1.165) is 0 Å². The summed E-state index contributed by atoms with van der Waals surface area (Å²) in [5.41, 5.74) is 0. The Morgan fingerprint density at radius 2 is 0.673 bits per heavy atom. The van der Waals surface area contributed by atoms with Gasteiger partial charge in [-0.25, -0.2) is 0 Å². The lowest BCUT2D eigenvalue weighted by molar-refractivity contribution is -0.822. The molecule has 0 spiro atoms. The van der Waals surface area contributed by atoms with E-state index in [9.17, 15) is 57.4 Å². The normalized spacial score (nSPS) is 11.1. The molecule has 0 aromatic carbocycles. The van der Waals surface area contributed by atoms with Crippen LogP contribution in [0, 0.1) is 107 Å². The molecular formula is C35H45N4O12P4+. The van der Waals surface area contributed by atoms with Crippen LogP contribution in [-0.2, 0) is 18.3 Å². The van der Waals surface area contributed by atoms with Gasteiger partial charge in [0.15, 0.2) is 6.04 Å². The zero-order chi connectivity index (χ0) is 41.9. The van der Waals surface area contributed by atoms with Gasteiger partial charge in [-0.2, -0.15) is 0 Å². The lowest BCUT2D eigenvalue weighted by Gasteiger charge is -2.31. The lowest BCUT2D eigenvalue weighted by atomic mass is 10.3. The van der Waals surface area contributed by atoms with E-state index >= 15 is 0 Å². The minimum Gasteiger partial charge on any atom is -0.324 e. The van der Waals surface area contributed by atoms with Crippen molar-refractivity contribution in [1.29, 1.82) is 0 Å². The van der Waals surface area contributed by atoms with Gasteiger partial charge in [0.1, 0.15) is 0 Å². The third-order valence-corrected chi connectivity index (χ3v) is 9.92. The molecule has 0 aliphatic rings. The summed E-state index contributed by atoms with van der Waals surface area (Å²) in [4.78, 5) is 79.9. The van der Waals surface area contributed by atoms with Gasteiger partial charge in [0, 0.05) is 107 Å². The Morgan fingerprint density at radius 1 is 0.418 bits per heavy atom. The highest BCUT2D eigenvalue weighted by atomic mass is 31.2. The summed E-state index contributed by atoms with van der Waals surface area (Å²) in [7, 11) is -13.9. The molecule has 0 aromatic heterocycles. The van der Waals surface area contributed by atoms with E-state index < -0.39 is 55.0 Å². The third-order valence-electron chi connectivity index (χ3n) is 6.79. The molecule has 0 heterocycles. The fourth-order valence-electron chi connectivity index (χ4n) is 4.03. The second-order valence-corrected chi connectivity index (χ2v) is 19.1. The highest BCUT2D eigenvalue weighted by Crippen LogP contribution is 2.36. The average Bonchev–Trinajstić information content (AvgIpc) is 3.05. The second kappa shape index (κ2) is 27.1. The minimum absolute atomic E-state index is 0.128. The van der Waals surface area contributed by atoms with Crippen molar-refractivity contribution in [3.8, 4) is 107 Å². The number of quaternary nitrogens is 1. The van der Waals surface area contributed by atoms with Crippen LogP contribution in [0.2, 0.25) is 0 Å². The predicted octanol–water partition coefficient (Wildman–Crippen LogP) is -1.31. The zero-order valence-corrected chi connectivity index (χ0v) is 34.1. The standard InChI is InChI=1S/C35H44N4O12P4/c1-4-5-6-7-8-9-10-11-12-13-14-15-16-17-18-19-30-39(2,3)31-20-21-36(22-24-37(26-32-52(40,41)42)27-33-53(43,44)45)23-25-38(28-34-54(46,47)48)29-35-55(49,50)51/h1H,20-29,31-35H2,2-3H3,(H7-,40,41,42,43,44,45,46,47,48,49,50,51)/p+1. The lowest BCUT2D eigenvalue weighted by Crippen LogP contribution is -2.43. The van der Waals surface area contributed by atoms with Crippen LogP contribution in [0.25, 0.3) is 0 Å². The van der Waals surface area contributed by atoms with Crippen molar-refractivity contribution in [2.45, 2.75) is 6.42 Å². The highest BCUT2D eigenvalue weighted by Gasteiger charge is 2.23. The van der Waals surface area contributed by atoms with Gasteiger partial charge in [-0.15, -0.1) is 6.42 Å². The number of rotatable bonds is 22. The number of terminal acetylenes is 1. The van der Waals surface area contributed by atoms with E-state index in [-0.39, 0.29) is 56.8 Å². The Labute approximate surface area is 324 Å². The molecular weight excluding hydrogens is 792 g/mol. The van der Waals surface area contributed by atoms with Crippen molar-refractivity contribution in [3.05, 3.63) is 0 Å². The molecule has 0 radical (unpaired) electrons. The monoisotopic (exact) mass is 837 g/mol. The van der Waals surface area contributed by atoms with Crippen LogP contribution >= 0.6 is 30.4 Å². The van der Waals surface area contributed by atoms with Crippen LogP contribution in [0.4, 0.5) is 0 Å². The maximum atomic E-state index is 11.5. The summed E-state index contributed by atoms with van der Waals surface area (Å²) in [6.07, 6.45) is 3.44. The molecule has 0 aliphatic carbocycles. The van der Waals surface area contributed by atoms with E-state index in [1.807, 2.05) is 19.0 Å². The highest BCUT2D eigenvalue weighted by molar-refractivity contribution is 7.52. The number of nitrogens with zero attached hydrogens (tertiary/aromatic N) is 4. The molecule has 55 heavy (non-hydrogen) atoms. The molecule has 0 aromatic rings. The smallest absolute Gasteiger partial charge is 0.324 e. The van der Waals surface area contributed by atoms with Gasteiger partial charge in [0.05, 0.1) is 51.2 Å². The fraction of sp³-hybridized carbons (Fsp3) is 0.486. The molecule has 16 nitrogen and oxygen atoms in total. The van der Waals surface area contributed by atoms with E-state index in [1.54, 1.807) is 0 Å². The van der Waals surface area contributed by atoms with E-state index in [0.29, 0.717) is 19.5 Å². The van der Waals surface area contributed by atoms with E-state index in [4.69, 9.17) is 6.42 Å². The SMILES string of the molecule is C#CC#CC#CC#CC#CC#CC#CC#CC#C[N+](C)(C)CCCN(CCN(CCP(=O)(O)O)CCP(=O)(O)O)CCN(CCP(=O)(O)O)CCP(=O)(O)O. The van der Waals surface area contributed by atoms with Gasteiger partial charge < -0.3 is 53.8 Å². The van der Waals surface area contributed by atoms with E-state index in [1.165, 1.54) is 9.80 Å². The first-order chi connectivity index (χ1) is 25.5. The summed E-state index contributed by atoms with van der Waals surface area (Å²) in [6, 6.07) is 3.02. The van der Waals surface area contributed by atoms with Gasteiger partial charge >= 0.3 is 30.4 Å². The van der Waals surface area contributed by atoms with Gasteiger partial charge in [0.2, 0.25) is 0 Å². The molecule has 0 bridgehead atoms. The second-order valence-electron chi connectivity index (χ2n) is 12.0. The van der Waals surface area contributed by atoms with Crippen LogP contribution in [0.3, 0.4) is 0 Å². The molecule has 0 saturated carbocycles. The Bertz CT molecular complexity index is 1930.